The van der Waals surface area contributed by atoms with E-state index in [0.29, 0.717) is 5.56 Å². The first-order chi connectivity index (χ1) is 28.0. The SMILES string of the molecule is CC(C)[C@@H](C(=O)OCCNCC(=O)c1ccccc1)N(C)C(=O)[C@H](CSC[C@@H](C(=O)N(C)[C@H](C(=O)OC[C@@H](C)C(=O)O)C(C)C)N(C)C(=O)[C@H](C)NCl)N(C)C(=O)[C@H](C)Cl. The lowest BCUT2D eigenvalue weighted by molar-refractivity contribution is -0.161. The van der Waals surface area contributed by atoms with Gasteiger partial charge in [-0.15, -0.1) is 11.6 Å². The van der Waals surface area contributed by atoms with Crippen molar-refractivity contribution in [1.29, 1.82) is 0 Å². The molecule has 1 rings (SSSR count). The second-order valence-electron chi connectivity index (χ2n) is 15.2. The van der Waals surface area contributed by atoms with Crippen molar-refractivity contribution in [2.45, 2.75) is 84.1 Å². The van der Waals surface area contributed by atoms with Crippen molar-refractivity contribution >= 4 is 82.5 Å². The van der Waals surface area contributed by atoms with Gasteiger partial charge in [-0.2, -0.15) is 11.8 Å². The predicted molar refractivity (Wildman–Crippen MR) is 229 cm³/mol. The lowest BCUT2D eigenvalue weighted by Gasteiger charge is -2.37. The Bertz CT molecular complexity index is 1620. The summed E-state index contributed by atoms with van der Waals surface area (Å²) in [4.78, 5) is 112. The molecule has 0 saturated heterocycles. The zero-order valence-corrected chi connectivity index (χ0v) is 38.6. The number of halogens is 2. The summed E-state index contributed by atoms with van der Waals surface area (Å²) in [5.41, 5.74) is 0.540. The minimum absolute atomic E-state index is 0.0281. The summed E-state index contributed by atoms with van der Waals surface area (Å²) in [6.07, 6.45) is 0. The Hall–Kier alpha value is -3.97. The number of carboxylic acid groups (broad SMARTS) is 1. The van der Waals surface area contributed by atoms with Crippen LogP contribution in [0.4, 0.5) is 0 Å². The monoisotopic (exact) mass is 904 g/mol. The van der Waals surface area contributed by atoms with Crippen LogP contribution in [0.1, 0.15) is 58.8 Å². The van der Waals surface area contributed by atoms with Gasteiger partial charge in [0.2, 0.25) is 23.6 Å². The first-order valence-corrected chi connectivity index (χ1v) is 21.5. The fraction of sp³-hybridized carbons (Fsp3) is 0.650. The number of benzene rings is 1. The zero-order chi connectivity index (χ0) is 46.0. The molecule has 0 fully saturated rings. The number of carbonyl (C=O) groups excluding carboxylic acids is 7. The molecule has 0 bridgehead atoms. The van der Waals surface area contributed by atoms with Crippen LogP contribution in [0.3, 0.4) is 0 Å². The Morgan fingerprint density at radius 2 is 1.17 bits per heavy atom. The normalized spacial score (nSPS) is 14.8. The molecule has 1 aromatic rings. The smallest absolute Gasteiger partial charge is 0.329 e. The number of hydrogen-bond acceptors (Lipinski definition) is 13. The number of esters is 2. The molecule has 338 valence electrons. The number of nitrogens with one attached hydrogen (secondary N) is 2. The van der Waals surface area contributed by atoms with E-state index >= 15 is 0 Å². The summed E-state index contributed by atoms with van der Waals surface area (Å²) in [5.74, 6) is -7.41. The number of ketones is 1. The van der Waals surface area contributed by atoms with Crippen molar-refractivity contribution in [2.24, 2.45) is 17.8 Å². The number of likely N-dealkylation sites (N-methyl/N-ethyl adjacent to an activating group) is 4. The van der Waals surface area contributed by atoms with Crippen LogP contribution in [0.15, 0.2) is 30.3 Å². The maximum Gasteiger partial charge on any atom is 0.329 e. The number of hydrogen-bond donors (Lipinski definition) is 3. The minimum atomic E-state index is -1.23. The van der Waals surface area contributed by atoms with E-state index in [1.807, 2.05) is 0 Å². The molecule has 0 heterocycles. The van der Waals surface area contributed by atoms with Gasteiger partial charge in [-0.1, -0.05) is 58.0 Å². The van der Waals surface area contributed by atoms with Crippen molar-refractivity contribution in [1.82, 2.24) is 29.8 Å². The number of thioether (sulfide) groups is 1. The summed E-state index contributed by atoms with van der Waals surface area (Å²) in [6.45, 7) is 10.8. The van der Waals surface area contributed by atoms with Crippen LogP contribution in [-0.2, 0) is 43.0 Å². The molecular formula is C40H62Cl2N6O11S. The average Bonchev–Trinajstić information content (AvgIpc) is 3.20. The van der Waals surface area contributed by atoms with E-state index in [4.69, 9.17) is 32.9 Å². The van der Waals surface area contributed by atoms with Gasteiger partial charge in [0.05, 0.1) is 18.5 Å². The summed E-state index contributed by atoms with van der Waals surface area (Å²) in [7, 11) is 5.57. The number of aliphatic carboxylic acids is 1. The van der Waals surface area contributed by atoms with Gasteiger partial charge in [0.1, 0.15) is 42.8 Å². The molecule has 60 heavy (non-hydrogen) atoms. The second-order valence-corrected chi connectivity index (χ2v) is 17.1. The Morgan fingerprint density at radius 1 is 0.700 bits per heavy atom. The van der Waals surface area contributed by atoms with E-state index in [1.165, 1.54) is 58.8 Å². The van der Waals surface area contributed by atoms with Crippen molar-refractivity contribution in [3.63, 3.8) is 0 Å². The fourth-order valence-corrected chi connectivity index (χ4v) is 7.59. The van der Waals surface area contributed by atoms with Crippen LogP contribution in [0.5, 0.6) is 0 Å². The van der Waals surface area contributed by atoms with E-state index < -0.39 is 101 Å². The Balaban J connectivity index is 3.33. The number of nitrogens with zero attached hydrogens (tertiary/aromatic N) is 4. The van der Waals surface area contributed by atoms with Gasteiger partial charge in [0.15, 0.2) is 5.78 Å². The third kappa shape index (κ3) is 16.1. The number of amides is 4. The first kappa shape index (κ1) is 54.0. The van der Waals surface area contributed by atoms with Gasteiger partial charge in [-0.25, -0.2) is 14.4 Å². The van der Waals surface area contributed by atoms with Gasteiger partial charge >= 0.3 is 17.9 Å². The largest absolute Gasteiger partial charge is 0.481 e. The van der Waals surface area contributed by atoms with E-state index in [0.717, 1.165) is 21.6 Å². The van der Waals surface area contributed by atoms with Gasteiger partial charge in [-0.05, 0) is 44.4 Å². The molecule has 0 aliphatic carbocycles. The summed E-state index contributed by atoms with van der Waals surface area (Å²) in [5, 5.41) is 11.2. The fourth-order valence-electron chi connectivity index (χ4n) is 6.03. The molecular weight excluding hydrogens is 843 g/mol. The predicted octanol–water partition coefficient (Wildman–Crippen LogP) is 2.38. The molecule has 0 aromatic heterocycles. The number of rotatable bonds is 26. The van der Waals surface area contributed by atoms with Gasteiger partial charge in [0, 0.05) is 51.8 Å². The third-order valence-electron chi connectivity index (χ3n) is 9.70. The molecule has 0 saturated carbocycles. The Morgan fingerprint density at radius 3 is 1.60 bits per heavy atom. The molecule has 4 amide bonds. The number of carboxylic acids is 1. The highest BCUT2D eigenvalue weighted by atomic mass is 35.5. The molecule has 0 spiro atoms. The van der Waals surface area contributed by atoms with E-state index in [2.05, 4.69) is 10.2 Å². The highest BCUT2D eigenvalue weighted by molar-refractivity contribution is 7.99. The van der Waals surface area contributed by atoms with Gasteiger partial charge in [0.25, 0.3) is 0 Å². The van der Waals surface area contributed by atoms with Crippen LogP contribution < -0.4 is 10.2 Å². The summed E-state index contributed by atoms with van der Waals surface area (Å²) >= 11 is 13.0. The molecule has 0 radical (unpaired) electrons. The topological polar surface area (TPSA) is 212 Å². The van der Waals surface area contributed by atoms with Crippen LogP contribution in [0.25, 0.3) is 0 Å². The van der Waals surface area contributed by atoms with E-state index in [9.17, 15) is 43.5 Å². The molecule has 0 unspecified atom stereocenters. The number of carbonyl (C=O) groups is 8. The van der Waals surface area contributed by atoms with Crippen LogP contribution in [-0.4, -0.2) is 174 Å². The quantitative estimate of drug-likeness (QED) is 0.0401. The van der Waals surface area contributed by atoms with Crippen LogP contribution in [0.2, 0.25) is 0 Å². The standard InChI is InChI=1S/C40H62Cl2N6O11S/c1-23(2)32(39(56)58-18-17-43-19-31(49)28-15-13-12-14-16-28)47(10)36(52)29(45(8)34(50)26(6)41)21-60-22-30(46(9)35(51)27(7)44-42)37(53)48(11)33(24(3)4)40(57)59-20-25(5)38(54)55/h12-16,23-27,29-30,32-33,43-44H,17-22H2,1-11H3,(H,54,55)/t25-,26+,27+,29+,30+,32+,33+/m1/s1. The highest BCUT2D eigenvalue weighted by Crippen LogP contribution is 2.22. The van der Waals surface area contributed by atoms with Crippen molar-refractivity contribution in [3.05, 3.63) is 35.9 Å². The highest BCUT2D eigenvalue weighted by Gasteiger charge is 2.40. The van der Waals surface area contributed by atoms with Gasteiger partial charge in [-0.3, -0.25) is 28.8 Å². The molecule has 0 aliphatic heterocycles. The van der Waals surface area contributed by atoms with Crippen molar-refractivity contribution < 1.29 is 52.9 Å². The molecule has 7 atom stereocenters. The molecule has 1 aromatic carbocycles. The number of ether oxygens (including phenoxy) is 2. The summed E-state index contributed by atoms with van der Waals surface area (Å²) < 4.78 is 10.8. The van der Waals surface area contributed by atoms with Crippen molar-refractivity contribution in [3.8, 4) is 0 Å². The van der Waals surface area contributed by atoms with E-state index in [-0.39, 0.29) is 37.0 Å². The number of Topliss-reactive ketones (excluding diaryl/α,β-unsaturated/α-hetero) is 1. The Labute approximate surface area is 367 Å². The maximum atomic E-state index is 14.3. The summed E-state index contributed by atoms with van der Waals surface area (Å²) in [6, 6.07) is 3.12. The van der Waals surface area contributed by atoms with E-state index in [1.54, 1.807) is 58.0 Å². The molecule has 3 N–H and O–H groups in total. The van der Waals surface area contributed by atoms with Crippen LogP contribution in [0, 0.1) is 17.8 Å². The molecule has 17 nitrogen and oxygen atoms in total. The Kier molecular flexibility index (Phi) is 23.8. The number of alkyl halides is 1. The molecule has 0 aliphatic rings. The third-order valence-corrected chi connectivity index (χ3v) is 11.3. The lowest BCUT2D eigenvalue weighted by Crippen LogP contribution is -2.58. The van der Waals surface area contributed by atoms with Crippen LogP contribution >= 0.6 is 35.1 Å². The first-order valence-electron chi connectivity index (χ1n) is 19.5. The zero-order valence-electron chi connectivity index (χ0n) is 36.3. The average molecular weight is 906 g/mol. The second kappa shape index (κ2) is 26.4. The molecule has 20 heteroatoms. The maximum absolute atomic E-state index is 14.3. The minimum Gasteiger partial charge on any atom is -0.481 e. The van der Waals surface area contributed by atoms with Gasteiger partial charge < -0.3 is 39.5 Å². The van der Waals surface area contributed by atoms with Crippen molar-refractivity contribution in [2.75, 3.05) is 66.0 Å². The lowest BCUT2D eigenvalue weighted by atomic mass is 10.0.